The van der Waals surface area contributed by atoms with Crippen molar-refractivity contribution in [1.29, 1.82) is 0 Å². The Morgan fingerprint density at radius 1 is 1.04 bits per heavy atom. The number of aromatic nitrogens is 2. The van der Waals surface area contributed by atoms with E-state index in [1.54, 1.807) is 6.20 Å². The Balaban J connectivity index is 1.63. The van der Waals surface area contributed by atoms with Crippen LogP contribution in [-0.2, 0) is 23.5 Å². The van der Waals surface area contributed by atoms with Gasteiger partial charge in [-0.3, -0.25) is 0 Å². The third-order valence-electron chi connectivity index (χ3n) is 4.93. The van der Waals surface area contributed by atoms with Crippen LogP contribution in [0.3, 0.4) is 0 Å². The minimum absolute atomic E-state index is 0.120. The van der Waals surface area contributed by atoms with Crippen LogP contribution >= 0.6 is 0 Å². The zero-order valence-corrected chi connectivity index (χ0v) is 15.5. The highest BCUT2D eigenvalue weighted by Crippen LogP contribution is 2.37. The van der Waals surface area contributed by atoms with E-state index < -0.39 is 12.5 Å². The van der Waals surface area contributed by atoms with Crippen molar-refractivity contribution in [3.63, 3.8) is 0 Å². The molecular formula is C22H20F2N2O2. The number of nitrogens with zero attached hydrogens (tertiary/aromatic N) is 2. The Kier molecular flexibility index (Phi) is 5.05. The molecule has 0 unspecified atom stereocenters. The van der Waals surface area contributed by atoms with E-state index in [1.165, 1.54) is 48.8 Å². The smallest absolute Gasteiger partial charge is 0.296 e. The second kappa shape index (κ2) is 7.64. The molecule has 0 bridgehead atoms. The molecule has 0 spiro atoms. The van der Waals surface area contributed by atoms with Crippen LogP contribution in [0.1, 0.15) is 23.1 Å². The Morgan fingerprint density at radius 2 is 1.86 bits per heavy atom. The normalized spacial score (nSPS) is 13.4. The fourth-order valence-corrected chi connectivity index (χ4v) is 3.60. The van der Waals surface area contributed by atoms with Gasteiger partial charge < -0.3 is 9.47 Å². The molecule has 1 aliphatic carbocycles. The van der Waals surface area contributed by atoms with E-state index in [4.69, 9.17) is 4.74 Å². The summed E-state index contributed by atoms with van der Waals surface area (Å²) in [6.45, 7) is -0.664. The fraction of sp³-hybridized carbons (Fsp3) is 0.273. The van der Waals surface area contributed by atoms with Gasteiger partial charge >= 0.3 is 0 Å². The van der Waals surface area contributed by atoms with Crippen LogP contribution in [0.2, 0.25) is 0 Å². The first kappa shape index (κ1) is 18.5. The first-order valence-electron chi connectivity index (χ1n) is 9.15. The molecule has 0 N–H and O–H groups in total. The van der Waals surface area contributed by atoms with Crippen LogP contribution in [0.5, 0.6) is 11.6 Å². The lowest BCUT2D eigenvalue weighted by Crippen LogP contribution is -2.19. The Bertz CT molecular complexity index is 975. The third kappa shape index (κ3) is 3.60. The number of aryl methyl sites for hydroxylation is 1. The Morgan fingerprint density at radius 3 is 2.64 bits per heavy atom. The minimum Gasteiger partial charge on any atom is -0.438 e. The largest absolute Gasteiger partial charge is 0.438 e. The summed E-state index contributed by atoms with van der Waals surface area (Å²) in [4.78, 5) is 8.43. The zero-order chi connectivity index (χ0) is 19.6. The molecule has 0 saturated carbocycles. The van der Waals surface area contributed by atoms with Crippen LogP contribution in [0.25, 0.3) is 11.1 Å². The lowest BCUT2D eigenvalue weighted by atomic mass is 9.98. The van der Waals surface area contributed by atoms with Crippen molar-refractivity contribution in [3.05, 3.63) is 71.7 Å². The molecule has 4 rings (SSSR count). The number of hydrogen-bond acceptors (Lipinski definition) is 4. The molecule has 0 fully saturated rings. The number of methoxy groups -OCH3 is 1. The maximum Gasteiger partial charge on any atom is 0.296 e. The number of hydrogen-bond donors (Lipinski definition) is 0. The van der Waals surface area contributed by atoms with Crippen LogP contribution in [-0.4, -0.2) is 23.7 Å². The molecule has 1 heterocycles. The summed E-state index contributed by atoms with van der Waals surface area (Å²) in [6.07, 6.45) is 6.38. The van der Waals surface area contributed by atoms with Gasteiger partial charge in [-0.2, -0.15) is 8.78 Å². The van der Waals surface area contributed by atoms with E-state index in [9.17, 15) is 8.78 Å². The first-order chi connectivity index (χ1) is 13.6. The van der Waals surface area contributed by atoms with Crippen molar-refractivity contribution in [2.24, 2.45) is 0 Å². The number of ether oxygens (including phenoxy) is 2. The quantitative estimate of drug-likeness (QED) is 0.590. The summed E-state index contributed by atoms with van der Waals surface area (Å²) < 4.78 is 38.4. The van der Waals surface area contributed by atoms with Gasteiger partial charge in [-0.05, 0) is 60.2 Å². The van der Waals surface area contributed by atoms with Crippen molar-refractivity contribution in [3.8, 4) is 22.8 Å². The molecule has 1 aromatic heterocycles. The first-order valence-corrected chi connectivity index (χ1v) is 9.15. The lowest BCUT2D eigenvalue weighted by molar-refractivity contribution is -0.0698. The summed E-state index contributed by atoms with van der Waals surface area (Å²) >= 11 is 0. The number of rotatable bonds is 6. The number of benzene rings is 2. The van der Waals surface area contributed by atoms with E-state index in [-0.39, 0.29) is 5.56 Å². The van der Waals surface area contributed by atoms with Crippen molar-refractivity contribution in [2.45, 2.75) is 25.2 Å². The maximum absolute atomic E-state index is 13.9. The molecule has 4 nitrogen and oxygen atoms in total. The molecule has 0 saturated heterocycles. The van der Waals surface area contributed by atoms with Crippen molar-refractivity contribution < 1.29 is 18.3 Å². The summed E-state index contributed by atoms with van der Waals surface area (Å²) in [5.41, 5.74) is 4.39. The van der Waals surface area contributed by atoms with E-state index in [0.29, 0.717) is 11.6 Å². The van der Waals surface area contributed by atoms with Crippen molar-refractivity contribution in [1.82, 2.24) is 9.97 Å². The van der Waals surface area contributed by atoms with Crippen molar-refractivity contribution in [2.75, 3.05) is 13.7 Å². The van der Waals surface area contributed by atoms with E-state index in [2.05, 4.69) is 20.8 Å². The minimum atomic E-state index is -3.04. The molecule has 0 aliphatic heterocycles. The van der Waals surface area contributed by atoms with Crippen LogP contribution in [0, 0.1) is 0 Å². The average molecular weight is 382 g/mol. The second-order valence-corrected chi connectivity index (χ2v) is 6.80. The van der Waals surface area contributed by atoms with E-state index >= 15 is 0 Å². The highest BCUT2D eigenvalue weighted by Gasteiger charge is 2.31. The van der Waals surface area contributed by atoms with Crippen LogP contribution in [0.4, 0.5) is 8.78 Å². The van der Waals surface area contributed by atoms with Gasteiger partial charge in [-0.1, -0.05) is 18.2 Å². The predicted molar refractivity (Wildman–Crippen MR) is 102 cm³/mol. The SMILES string of the molecule is COCC(F)(F)c1ccc(Oc2ncncc2-c2cccc3c2CCC3)cc1. The van der Waals surface area contributed by atoms with Crippen LogP contribution in [0.15, 0.2) is 55.0 Å². The fourth-order valence-electron chi connectivity index (χ4n) is 3.60. The lowest BCUT2D eigenvalue weighted by Gasteiger charge is -2.16. The van der Waals surface area contributed by atoms with Gasteiger partial charge in [0, 0.05) is 18.9 Å². The van der Waals surface area contributed by atoms with Gasteiger partial charge in [-0.25, -0.2) is 9.97 Å². The van der Waals surface area contributed by atoms with Crippen molar-refractivity contribution >= 4 is 0 Å². The van der Waals surface area contributed by atoms with Crippen LogP contribution < -0.4 is 4.74 Å². The number of fused-ring (bicyclic) bond motifs is 1. The maximum atomic E-state index is 13.9. The molecule has 2 aromatic carbocycles. The second-order valence-electron chi connectivity index (χ2n) is 6.80. The van der Waals surface area contributed by atoms with Gasteiger partial charge in [-0.15, -0.1) is 0 Å². The molecule has 0 radical (unpaired) electrons. The number of alkyl halides is 2. The third-order valence-corrected chi connectivity index (χ3v) is 4.93. The summed E-state index contributed by atoms with van der Waals surface area (Å²) in [6, 6.07) is 11.9. The number of halogens is 2. The van der Waals surface area contributed by atoms with Gasteiger partial charge in [0.15, 0.2) is 0 Å². The Hall–Kier alpha value is -2.86. The average Bonchev–Trinajstić information content (AvgIpc) is 3.18. The summed E-state index contributed by atoms with van der Waals surface area (Å²) in [5.74, 6) is -2.20. The van der Waals surface area contributed by atoms with E-state index in [1.807, 2.05) is 12.1 Å². The standard InChI is InChI=1S/C22H20F2N2O2/c1-27-13-22(23,24)16-8-10-17(11-9-16)28-21-20(12-25-14-26-21)19-7-3-5-15-4-2-6-18(15)19/h3,5,7-12,14H,2,4,6,13H2,1H3. The molecule has 0 atom stereocenters. The van der Waals surface area contributed by atoms with Gasteiger partial charge in [0.25, 0.3) is 5.92 Å². The molecule has 1 aliphatic rings. The predicted octanol–water partition coefficient (Wildman–Crippen LogP) is 5.16. The molecule has 0 amide bonds. The topological polar surface area (TPSA) is 44.2 Å². The highest BCUT2D eigenvalue weighted by atomic mass is 19.3. The molecular weight excluding hydrogens is 362 g/mol. The zero-order valence-electron chi connectivity index (χ0n) is 15.5. The molecule has 28 heavy (non-hydrogen) atoms. The highest BCUT2D eigenvalue weighted by molar-refractivity contribution is 5.73. The molecule has 144 valence electrons. The summed E-state index contributed by atoms with van der Waals surface area (Å²) in [5, 5.41) is 0. The molecule has 3 aromatic rings. The van der Waals surface area contributed by atoms with Gasteiger partial charge in [0.1, 0.15) is 18.7 Å². The molecule has 6 heteroatoms. The van der Waals surface area contributed by atoms with Gasteiger partial charge in [0.2, 0.25) is 5.88 Å². The summed E-state index contributed by atoms with van der Waals surface area (Å²) in [7, 11) is 1.25. The monoisotopic (exact) mass is 382 g/mol. The Labute approximate surface area is 162 Å². The van der Waals surface area contributed by atoms with E-state index in [0.717, 1.165) is 30.4 Å². The van der Waals surface area contributed by atoms with Gasteiger partial charge in [0.05, 0.1) is 5.56 Å².